The SMILES string of the molecule is CC[C@H]1OC(=O)[C@H](C)C(=O)[C@H](C)[C@@H](O[C@H]2C[C@@H](N(C)C)C[C@@H](C)O2)[C@@H](C)C[C@@H](C)C(=O)/C(C)=C/[C@@H]1OC(C)n1ccnc1.CO. The fraction of sp³-hybridized carbons (Fsp3) is 0.765. The number of cyclic esters (lactones) is 1. The molecule has 45 heavy (non-hydrogen) atoms. The number of Topliss-reactive ketones (excluding diaryl/α,β-unsaturated/α-hetero) is 2. The molecule has 1 aromatic heterocycles. The molecule has 11 atom stereocenters. The minimum absolute atomic E-state index is 0.00537. The summed E-state index contributed by atoms with van der Waals surface area (Å²) in [5.41, 5.74) is 0.544. The van der Waals surface area contributed by atoms with Crippen LogP contribution in [0.25, 0.3) is 0 Å². The first-order valence-electron chi connectivity index (χ1n) is 16.2. The molecule has 1 aromatic rings. The average Bonchev–Trinajstić information content (AvgIpc) is 3.56. The quantitative estimate of drug-likeness (QED) is 0.336. The summed E-state index contributed by atoms with van der Waals surface area (Å²) in [7, 11) is 5.09. The number of hydrogen-bond donors (Lipinski definition) is 1. The summed E-state index contributed by atoms with van der Waals surface area (Å²) >= 11 is 0. The predicted octanol–water partition coefficient (Wildman–Crippen LogP) is 4.59. The van der Waals surface area contributed by atoms with E-state index in [1.807, 2.05) is 55.6 Å². The van der Waals surface area contributed by atoms with Gasteiger partial charge < -0.3 is 33.5 Å². The number of allylic oxidation sites excluding steroid dienone is 1. The van der Waals surface area contributed by atoms with Crippen molar-refractivity contribution in [1.82, 2.24) is 14.5 Å². The number of hydrogen-bond acceptors (Lipinski definition) is 10. The van der Waals surface area contributed by atoms with E-state index in [1.54, 1.807) is 43.2 Å². The zero-order valence-electron chi connectivity index (χ0n) is 29.1. The number of ether oxygens (including phenoxy) is 4. The zero-order chi connectivity index (χ0) is 34.0. The fourth-order valence-corrected chi connectivity index (χ4v) is 6.34. The summed E-state index contributed by atoms with van der Waals surface area (Å²) in [6.45, 7) is 14.9. The van der Waals surface area contributed by atoms with Gasteiger partial charge in [-0.15, -0.1) is 0 Å². The lowest BCUT2D eigenvalue weighted by Crippen LogP contribution is -2.47. The number of esters is 1. The Bertz CT molecular complexity index is 1110. The van der Waals surface area contributed by atoms with Gasteiger partial charge in [-0.2, -0.15) is 0 Å². The van der Waals surface area contributed by atoms with E-state index in [0.717, 1.165) is 13.5 Å². The number of nitrogens with zero attached hydrogens (tertiary/aromatic N) is 3. The first-order chi connectivity index (χ1) is 21.2. The first kappa shape index (κ1) is 38.7. The third-order valence-corrected chi connectivity index (χ3v) is 9.09. The maximum atomic E-state index is 13.8. The molecule has 3 heterocycles. The van der Waals surface area contributed by atoms with Gasteiger partial charge in [0.1, 0.15) is 24.4 Å². The highest BCUT2D eigenvalue weighted by Gasteiger charge is 2.41. The second-order valence-electron chi connectivity index (χ2n) is 12.9. The first-order valence-corrected chi connectivity index (χ1v) is 16.2. The second-order valence-corrected chi connectivity index (χ2v) is 12.9. The standard InChI is InChI=1S/C33H53N3O7.CH4O/c1-11-27-28(41-25(8)36-13-12-34-18-36)15-20(3)30(37)19(2)14-21(4)32(23(6)31(38)24(7)33(39)42-27)43-29-17-26(35(9)10)16-22(5)40-29;1-2/h12-13,15,18-19,21-29,32H,11,14,16-17H2,1-10H3;2H,1H3/b20-15+;/t19-,21+,22-,23+,24-,25?,26+,27-,28+,29+,32+;/m1./s1. The second kappa shape index (κ2) is 18.0. The number of carbonyl (C=O) groups excluding carboxylic acids is 3. The monoisotopic (exact) mass is 635 g/mol. The number of ketones is 2. The summed E-state index contributed by atoms with van der Waals surface area (Å²) in [5, 5.41) is 7.00. The molecule has 0 radical (unpaired) electrons. The number of aliphatic hydroxyl groups is 1. The van der Waals surface area contributed by atoms with Gasteiger partial charge in [-0.3, -0.25) is 14.4 Å². The van der Waals surface area contributed by atoms with Crippen molar-refractivity contribution in [3.05, 3.63) is 30.4 Å². The van der Waals surface area contributed by atoms with Gasteiger partial charge in [0.05, 0.1) is 18.5 Å². The number of aromatic nitrogens is 2. The summed E-state index contributed by atoms with van der Waals surface area (Å²) in [4.78, 5) is 47.2. The highest BCUT2D eigenvalue weighted by molar-refractivity contribution is 6.00. The molecular weight excluding hydrogens is 578 g/mol. The van der Waals surface area contributed by atoms with E-state index in [9.17, 15) is 14.4 Å². The van der Waals surface area contributed by atoms with Crippen LogP contribution in [0.1, 0.15) is 87.3 Å². The third-order valence-electron chi connectivity index (χ3n) is 9.09. The van der Waals surface area contributed by atoms with E-state index in [0.29, 0.717) is 24.8 Å². The molecular formula is C34H57N3O8. The van der Waals surface area contributed by atoms with E-state index < -0.39 is 48.6 Å². The minimum atomic E-state index is -0.998. The van der Waals surface area contributed by atoms with E-state index in [2.05, 4.69) is 9.88 Å². The lowest BCUT2D eigenvalue weighted by molar-refractivity contribution is -0.236. The molecule has 0 aliphatic carbocycles. The Morgan fingerprint density at radius 3 is 2.33 bits per heavy atom. The molecule has 1 fully saturated rings. The number of rotatable bonds is 7. The molecule has 3 rings (SSSR count). The van der Waals surface area contributed by atoms with Crippen molar-refractivity contribution in [2.24, 2.45) is 23.7 Å². The van der Waals surface area contributed by atoms with Gasteiger partial charge in [0.2, 0.25) is 0 Å². The van der Waals surface area contributed by atoms with Crippen molar-refractivity contribution in [2.75, 3.05) is 21.2 Å². The fourth-order valence-electron chi connectivity index (χ4n) is 6.34. The van der Waals surface area contributed by atoms with Gasteiger partial charge in [-0.05, 0) is 78.6 Å². The molecule has 11 nitrogen and oxygen atoms in total. The van der Waals surface area contributed by atoms with Gasteiger partial charge in [0.15, 0.2) is 17.9 Å². The molecule has 0 bridgehead atoms. The van der Waals surface area contributed by atoms with Crippen LogP contribution in [0.3, 0.4) is 0 Å². The summed E-state index contributed by atoms with van der Waals surface area (Å²) < 4.78 is 26.8. The molecule has 2 aliphatic rings. The third kappa shape index (κ3) is 10.5. The van der Waals surface area contributed by atoms with Crippen LogP contribution in [0.4, 0.5) is 0 Å². The van der Waals surface area contributed by atoms with Crippen molar-refractivity contribution < 1.29 is 38.4 Å². The molecule has 0 saturated carbocycles. The topological polar surface area (TPSA) is 129 Å². The van der Waals surface area contributed by atoms with Gasteiger partial charge >= 0.3 is 5.97 Å². The summed E-state index contributed by atoms with van der Waals surface area (Å²) in [6.07, 6.45) is 6.50. The van der Waals surface area contributed by atoms with Crippen molar-refractivity contribution in [3.63, 3.8) is 0 Å². The minimum Gasteiger partial charge on any atom is -0.459 e. The molecule has 1 N–H and O–H groups in total. The van der Waals surface area contributed by atoms with E-state index in [1.165, 1.54) is 0 Å². The Morgan fingerprint density at radius 2 is 1.76 bits per heavy atom. The van der Waals surface area contributed by atoms with Gasteiger partial charge in [0.25, 0.3) is 0 Å². The van der Waals surface area contributed by atoms with Crippen LogP contribution in [-0.4, -0.2) is 95.0 Å². The molecule has 0 spiro atoms. The van der Waals surface area contributed by atoms with Crippen LogP contribution >= 0.6 is 0 Å². The van der Waals surface area contributed by atoms with Crippen LogP contribution in [0.2, 0.25) is 0 Å². The summed E-state index contributed by atoms with van der Waals surface area (Å²) in [6, 6.07) is 0.286. The molecule has 0 amide bonds. The predicted molar refractivity (Wildman–Crippen MR) is 171 cm³/mol. The molecule has 0 aromatic carbocycles. The number of carbonyl (C=O) groups is 3. The van der Waals surface area contributed by atoms with Crippen molar-refractivity contribution in [1.29, 1.82) is 0 Å². The van der Waals surface area contributed by atoms with Crippen LogP contribution in [0.5, 0.6) is 0 Å². The molecule has 1 saturated heterocycles. The van der Waals surface area contributed by atoms with Crippen LogP contribution in [0.15, 0.2) is 30.4 Å². The van der Waals surface area contributed by atoms with Gasteiger partial charge in [-0.25, -0.2) is 4.98 Å². The number of imidazole rings is 1. The van der Waals surface area contributed by atoms with Crippen LogP contribution < -0.4 is 0 Å². The summed E-state index contributed by atoms with van der Waals surface area (Å²) in [5.74, 6) is -2.99. The molecule has 11 heteroatoms. The van der Waals surface area contributed by atoms with Crippen LogP contribution in [0, 0.1) is 23.7 Å². The largest absolute Gasteiger partial charge is 0.459 e. The zero-order valence-corrected chi connectivity index (χ0v) is 29.1. The lowest BCUT2D eigenvalue weighted by Gasteiger charge is -2.40. The van der Waals surface area contributed by atoms with E-state index in [-0.39, 0.29) is 35.5 Å². The average molecular weight is 636 g/mol. The Morgan fingerprint density at radius 1 is 1.09 bits per heavy atom. The highest BCUT2D eigenvalue weighted by atomic mass is 16.7. The molecule has 2 aliphatic heterocycles. The smallest absolute Gasteiger partial charge is 0.316 e. The van der Waals surface area contributed by atoms with E-state index >= 15 is 0 Å². The normalized spacial score (nSPS) is 35.8. The highest BCUT2D eigenvalue weighted by Crippen LogP contribution is 2.33. The van der Waals surface area contributed by atoms with Gasteiger partial charge in [-0.1, -0.05) is 27.7 Å². The Labute approximate surface area is 269 Å². The van der Waals surface area contributed by atoms with Crippen molar-refractivity contribution in [2.45, 2.75) is 124 Å². The van der Waals surface area contributed by atoms with E-state index in [4.69, 9.17) is 24.1 Å². The Balaban J connectivity index is 0.00000345. The van der Waals surface area contributed by atoms with Gasteiger partial charge in [0, 0.05) is 43.8 Å². The lowest BCUT2D eigenvalue weighted by atomic mass is 9.80. The number of aliphatic hydroxyl groups excluding tert-OH is 1. The molecule has 256 valence electrons. The Kier molecular flexibility index (Phi) is 15.5. The van der Waals surface area contributed by atoms with Crippen molar-refractivity contribution >= 4 is 17.5 Å². The maximum absolute atomic E-state index is 13.8. The molecule has 1 unspecified atom stereocenters. The Hall–Kier alpha value is -2.44. The van der Waals surface area contributed by atoms with Crippen molar-refractivity contribution in [3.8, 4) is 0 Å². The maximum Gasteiger partial charge on any atom is 0.316 e. The van der Waals surface area contributed by atoms with Crippen LogP contribution in [-0.2, 0) is 33.3 Å².